The van der Waals surface area contributed by atoms with Gasteiger partial charge in [-0.05, 0) is 78.4 Å². The minimum absolute atomic E-state index is 0.201. The van der Waals surface area contributed by atoms with Crippen molar-refractivity contribution in [3.8, 4) is 11.5 Å². The zero-order valence-corrected chi connectivity index (χ0v) is 20.8. The molecule has 1 aliphatic rings. The molecule has 3 aromatic rings. The Morgan fingerprint density at radius 1 is 1.06 bits per heavy atom. The van der Waals surface area contributed by atoms with Crippen LogP contribution >= 0.6 is 27.7 Å². The van der Waals surface area contributed by atoms with Gasteiger partial charge in [-0.25, -0.2) is 4.79 Å². The first-order valence-corrected chi connectivity index (χ1v) is 11.9. The molecule has 0 N–H and O–H groups in total. The summed E-state index contributed by atoms with van der Waals surface area (Å²) < 4.78 is 11.5. The largest absolute Gasteiger partial charge is 0.497 e. The Kier molecular flexibility index (Phi) is 7.19. The van der Waals surface area contributed by atoms with Crippen molar-refractivity contribution in [3.05, 3.63) is 98.4 Å². The van der Waals surface area contributed by atoms with E-state index in [1.54, 1.807) is 55.7 Å². The second-order valence-corrected chi connectivity index (χ2v) is 9.40. The number of ether oxygens (including phenoxy) is 2. The van der Waals surface area contributed by atoms with E-state index in [9.17, 15) is 14.4 Å². The molecule has 0 aromatic heterocycles. The van der Waals surface area contributed by atoms with Gasteiger partial charge in [0, 0.05) is 10.0 Å². The third-order valence-corrected chi connectivity index (χ3v) is 6.65. The van der Waals surface area contributed by atoms with Gasteiger partial charge in [0.1, 0.15) is 11.5 Å². The highest BCUT2D eigenvalue weighted by Gasteiger charge is 2.35. The second kappa shape index (κ2) is 10.3. The fourth-order valence-electron chi connectivity index (χ4n) is 3.35. The molecule has 0 bridgehead atoms. The van der Waals surface area contributed by atoms with Gasteiger partial charge in [-0.2, -0.15) is 0 Å². The van der Waals surface area contributed by atoms with Crippen molar-refractivity contribution in [2.75, 3.05) is 7.11 Å². The molecule has 4 rings (SSSR count). The van der Waals surface area contributed by atoms with E-state index in [2.05, 4.69) is 15.9 Å². The summed E-state index contributed by atoms with van der Waals surface area (Å²) in [6.45, 7) is 2.14. The van der Waals surface area contributed by atoms with Gasteiger partial charge >= 0.3 is 5.97 Å². The Balaban J connectivity index is 1.58. The lowest BCUT2D eigenvalue weighted by atomic mass is 10.1. The van der Waals surface area contributed by atoms with Crippen LogP contribution in [-0.4, -0.2) is 29.1 Å². The van der Waals surface area contributed by atoms with Crippen molar-refractivity contribution in [2.45, 2.75) is 13.5 Å². The number of halogens is 1. The number of aryl methyl sites for hydroxylation is 1. The van der Waals surface area contributed by atoms with Crippen LogP contribution < -0.4 is 9.47 Å². The predicted molar refractivity (Wildman–Crippen MR) is 135 cm³/mol. The maximum absolute atomic E-state index is 13.0. The Morgan fingerprint density at radius 2 is 1.79 bits per heavy atom. The summed E-state index contributed by atoms with van der Waals surface area (Å²) in [5, 5.41) is -0.341. The van der Waals surface area contributed by atoms with Gasteiger partial charge in [-0.3, -0.25) is 14.5 Å². The molecule has 1 aliphatic heterocycles. The lowest BCUT2D eigenvalue weighted by Crippen LogP contribution is -2.27. The number of amides is 2. The van der Waals surface area contributed by atoms with Crippen LogP contribution in [0.2, 0.25) is 0 Å². The quantitative estimate of drug-likeness (QED) is 0.211. The minimum atomic E-state index is -0.549. The smallest absolute Gasteiger partial charge is 0.343 e. The van der Waals surface area contributed by atoms with E-state index in [1.165, 1.54) is 4.90 Å². The maximum atomic E-state index is 13.0. The number of benzene rings is 3. The normalized spacial score (nSPS) is 14.6. The van der Waals surface area contributed by atoms with Crippen LogP contribution in [0.4, 0.5) is 4.79 Å². The van der Waals surface area contributed by atoms with Crippen LogP contribution in [-0.2, 0) is 11.3 Å². The fourth-order valence-corrected chi connectivity index (χ4v) is 4.55. The topological polar surface area (TPSA) is 72.9 Å². The standard InChI is InChI=1S/C26H20BrNO5S/c1-16-5-3-4-6-18(16)15-28-24(29)23(34-26(28)31)14-19-13-20(27)9-12-22(19)33-25(30)17-7-10-21(32-2)11-8-17/h3-14H,15H2,1-2H3/b23-14-. The molecule has 8 heteroatoms. The van der Waals surface area contributed by atoms with Gasteiger partial charge in [-0.15, -0.1) is 0 Å². The van der Waals surface area contributed by atoms with E-state index < -0.39 is 5.97 Å². The van der Waals surface area contributed by atoms with E-state index in [4.69, 9.17) is 9.47 Å². The van der Waals surface area contributed by atoms with Crippen molar-refractivity contribution >= 4 is 50.9 Å². The average Bonchev–Trinajstić information content (AvgIpc) is 3.09. The molecular formula is C26H20BrNO5S. The first-order valence-electron chi connectivity index (χ1n) is 10.3. The number of thioether (sulfide) groups is 1. The van der Waals surface area contributed by atoms with E-state index in [0.29, 0.717) is 16.9 Å². The Morgan fingerprint density at radius 3 is 2.50 bits per heavy atom. The van der Waals surface area contributed by atoms with Crippen molar-refractivity contribution < 1.29 is 23.9 Å². The summed E-state index contributed by atoms with van der Waals surface area (Å²) in [6.07, 6.45) is 1.57. The highest BCUT2D eigenvalue weighted by molar-refractivity contribution is 9.10. The van der Waals surface area contributed by atoms with E-state index in [0.717, 1.165) is 27.4 Å². The van der Waals surface area contributed by atoms with E-state index >= 15 is 0 Å². The van der Waals surface area contributed by atoms with Crippen LogP contribution in [0.1, 0.15) is 27.0 Å². The van der Waals surface area contributed by atoms with Gasteiger partial charge < -0.3 is 9.47 Å². The van der Waals surface area contributed by atoms with Gasteiger partial charge in [0.05, 0.1) is 24.1 Å². The monoisotopic (exact) mass is 537 g/mol. The highest BCUT2D eigenvalue weighted by Crippen LogP contribution is 2.36. The number of carbonyl (C=O) groups is 3. The lowest BCUT2D eigenvalue weighted by molar-refractivity contribution is -0.123. The van der Waals surface area contributed by atoms with Crippen LogP contribution in [0.5, 0.6) is 11.5 Å². The van der Waals surface area contributed by atoms with Gasteiger partial charge in [0.15, 0.2) is 0 Å². The molecule has 0 spiro atoms. The average molecular weight is 538 g/mol. The van der Waals surface area contributed by atoms with Gasteiger partial charge in [0.2, 0.25) is 0 Å². The minimum Gasteiger partial charge on any atom is -0.497 e. The molecule has 34 heavy (non-hydrogen) atoms. The molecule has 172 valence electrons. The summed E-state index contributed by atoms with van der Waals surface area (Å²) in [6, 6.07) is 19.3. The number of hydrogen-bond acceptors (Lipinski definition) is 6. The first kappa shape index (κ1) is 23.8. The van der Waals surface area contributed by atoms with Crippen LogP contribution in [0, 0.1) is 6.92 Å². The van der Waals surface area contributed by atoms with Crippen molar-refractivity contribution in [2.24, 2.45) is 0 Å². The molecule has 1 fully saturated rings. The van der Waals surface area contributed by atoms with Crippen LogP contribution in [0.3, 0.4) is 0 Å². The molecule has 0 aliphatic carbocycles. The molecule has 6 nitrogen and oxygen atoms in total. The number of nitrogens with zero attached hydrogens (tertiary/aromatic N) is 1. The SMILES string of the molecule is COc1ccc(C(=O)Oc2ccc(Br)cc2/C=C2\SC(=O)N(Cc3ccccc3C)C2=O)cc1. The Bertz CT molecular complexity index is 1300. The van der Waals surface area contributed by atoms with Gasteiger partial charge in [0.25, 0.3) is 11.1 Å². The molecule has 0 radical (unpaired) electrons. The number of hydrogen-bond donors (Lipinski definition) is 0. The second-order valence-electron chi connectivity index (χ2n) is 7.49. The van der Waals surface area contributed by atoms with Crippen molar-refractivity contribution in [1.29, 1.82) is 0 Å². The highest BCUT2D eigenvalue weighted by atomic mass is 79.9. The number of esters is 1. The van der Waals surface area contributed by atoms with Crippen molar-refractivity contribution in [1.82, 2.24) is 4.90 Å². The van der Waals surface area contributed by atoms with Crippen LogP contribution in [0.25, 0.3) is 6.08 Å². The lowest BCUT2D eigenvalue weighted by Gasteiger charge is -2.14. The number of carbonyl (C=O) groups excluding carboxylic acids is 3. The molecule has 0 atom stereocenters. The molecule has 1 heterocycles. The Labute approximate surface area is 209 Å². The fraction of sp³-hybridized carbons (Fsp3) is 0.115. The third-order valence-electron chi connectivity index (χ3n) is 5.25. The predicted octanol–water partition coefficient (Wildman–Crippen LogP) is 6.22. The number of rotatable bonds is 6. The number of imide groups is 1. The molecule has 3 aromatic carbocycles. The van der Waals surface area contributed by atoms with Crippen LogP contribution in [0.15, 0.2) is 76.1 Å². The van der Waals surface area contributed by atoms with Crippen molar-refractivity contribution in [3.63, 3.8) is 0 Å². The summed E-state index contributed by atoms with van der Waals surface area (Å²) in [5.74, 6) is -0.0324. The number of methoxy groups -OCH3 is 1. The molecule has 2 amide bonds. The molecule has 0 saturated carbocycles. The molecule has 0 unspecified atom stereocenters. The Hall–Kier alpha value is -3.36. The first-order chi connectivity index (χ1) is 16.4. The zero-order chi connectivity index (χ0) is 24.2. The summed E-state index contributed by atoms with van der Waals surface area (Å²) in [4.78, 5) is 39.8. The summed E-state index contributed by atoms with van der Waals surface area (Å²) >= 11 is 4.28. The maximum Gasteiger partial charge on any atom is 0.343 e. The summed E-state index contributed by atoms with van der Waals surface area (Å²) in [7, 11) is 1.55. The third kappa shape index (κ3) is 5.24. The van der Waals surface area contributed by atoms with E-state index in [-0.39, 0.29) is 28.3 Å². The van der Waals surface area contributed by atoms with E-state index in [1.807, 2.05) is 31.2 Å². The molecular weight excluding hydrogens is 518 g/mol. The van der Waals surface area contributed by atoms with Gasteiger partial charge in [-0.1, -0.05) is 40.2 Å². The summed E-state index contributed by atoms with van der Waals surface area (Å²) in [5.41, 5.74) is 2.76. The molecule has 1 saturated heterocycles. The zero-order valence-electron chi connectivity index (χ0n) is 18.4.